The van der Waals surface area contributed by atoms with E-state index < -0.39 is 6.04 Å². The first-order valence-corrected chi connectivity index (χ1v) is 7.17. The minimum Gasteiger partial charge on any atom is -0.344 e. The second-order valence-corrected chi connectivity index (χ2v) is 5.51. The van der Waals surface area contributed by atoms with Crippen LogP contribution in [0, 0.1) is 3.57 Å². The smallest absolute Gasteiger partial charge is 0.247 e. The number of hydrogen-bond acceptors (Lipinski definition) is 3. The Bertz CT molecular complexity index is 470. The van der Waals surface area contributed by atoms with Gasteiger partial charge < -0.3 is 10.6 Å². The zero-order valence-corrected chi connectivity index (χ0v) is 13.3. The Labute approximate surface area is 129 Å². The first-order chi connectivity index (χ1) is 8.43. The molecule has 0 radical (unpaired) electrons. The van der Waals surface area contributed by atoms with E-state index in [9.17, 15) is 9.59 Å². The molecule has 1 aromatic rings. The minimum atomic E-state index is -0.655. The maximum absolute atomic E-state index is 11.9. The molecule has 4 nitrogen and oxygen atoms in total. The Balaban J connectivity index is 2.76. The van der Waals surface area contributed by atoms with Crippen LogP contribution in [0.25, 0.3) is 0 Å². The molecule has 0 spiro atoms. The summed E-state index contributed by atoms with van der Waals surface area (Å²) in [7, 11) is 0. The van der Waals surface area contributed by atoms with Gasteiger partial charge >= 0.3 is 0 Å². The van der Waals surface area contributed by atoms with E-state index >= 15 is 0 Å². The van der Waals surface area contributed by atoms with Gasteiger partial charge in [-0.25, -0.2) is 0 Å². The zero-order valence-electron chi connectivity index (χ0n) is 9.54. The summed E-state index contributed by atoms with van der Waals surface area (Å²) in [5.41, 5.74) is 0.655. The van der Waals surface area contributed by atoms with Gasteiger partial charge in [-0.05, 0) is 40.8 Å². The largest absolute Gasteiger partial charge is 0.344 e. The number of benzene rings is 1. The highest BCUT2D eigenvalue weighted by molar-refractivity contribution is 14.1. The van der Waals surface area contributed by atoms with E-state index in [4.69, 9.17) is 11.6 Å². The normalized spacial score (nSPS) is 11.8. The van der Waals surface area contributed by atoms with E-state index in [1.807, 2.05) is 0 Å². The minimum absolute atomic E-state index is 0.232. The van der Waals surface area contributed by atoms with Crippen molar-refractivity contribution in [3.63, 3.8) is 0 Å². The van der Waals surface area contributed by atoms with Crippen LogP contribution in [-0.4, -0.2) is 23.6 Å². The van der Waals surface area contributed by atoms with Crippen LogP contribution in [0.15, 0.2) is 18.2 Å². The molecule has 0 saturated heterocycles. The van der Waals surface area contributed by atoms with Gasteiger partial charge in [-0.3, -0.25) is 9.59 Å². The van der Waals surface area contributed by atoms with Gasteiger partial charge in [0.2, 0.25) is 11.8 Å². The topological polar surface area (TPSA) is 58.2 Å². The third-order valence-corrected chi connectivity index (χ3v) is 3.56. The Kier molecular flexibility index (Phi) is 6.24. The van der Waals surface area contributed by atoms with Crippen LogP contribution in [0.3, 0.4) is 0 Å². The lowest BCUT2D eigenvalue weighted by molar-refractivity contribution is -0.124. The summed E-state index contributed by atoms with van der Waals surface area (Å²) in [5.74, 6) is -0.342. The highest BCUT2D eigenvalue weighted by Crippen LogP contribution is 2.22. The molecular formula is C11H12ClIN2O2S. The van der Waals surface area contributed by atoms with Gasteiger partial charge in [0.1, 0.15) is 6.04 Å². The molecule has 2 N–H and O–H groups in total. The summed E-state index contributed by atoms with van der Waals surface area (Å²) < 4.78 is 0.828. The van der Waals surface area contributed by atoms with Gasteiger partial charge in [-0.2, -0.15) is 12.6 Å². The number of halogens is 2. The highest BCUT2D eigenvalue weighted by atomic mass is 127. The van der Waals surface area contributed by atoms with Gasteiger partial charge in [-0.1, -0.05) is 11.6 Å². The lowest BCUT2D eigenvalue weighted by Crippen LogP contribution is -2.44. The van der Waals surface area contributed by atoms with Crippen molar-refractivity contribution < 1.29 is 9.59 Å². The number of rotatable bonds is 4. The Morgan fingerprint density at radius 1 is 1.50 bits per heavy atom. The molecule has 1 atom stereocenters. The fourth-order valence-electron chi connectivity index (χ4n) is 1.25. The number of amides is 2. The van der Waals surface area contributed by atoms with Crippen molar-refractivity contribution in [2.24, 2.45) is 0 Å². The van der Waals surface area contributed by atoms with Crippen LogP contribution in [-0.2, 0) is 9.59 Å². The molecule has 0 saturated carbocycles. The number of carbonyl (C=O) groups is 2. The van der Waals surface area contributed by atoms with E-state index in [1.165, 1.54) is 6.92 Å². The summed E-state index contributed by atoms with van der Waals surface area (Å²) in [5, 5.41) is 5.85. The third kappa shape index (κ3) is 4.66. The number of nitrogens with one attached hydrogen (secondary N) is 2. The van der Waals surface area contributed by atoms with Crippen LogP contribution >= 0.6 is 46.8 Å². The van der Waals surface area contributed by atoms with Crippen LogP contribution < -0.4 is 10.6 Å². The maximum atomic E-state index is 11.9. The molecular weight excluding hydrogens is 387 g/mol. The van der Waals surface area contributed by atoms with Gasteiger partial charge in [0.05, 0.1) is 5.69 Å². The predicted octanol–water partition coefficient (Wildman–Crippen LogP) is 2.32. The quantitative estimate of drug-likeness (QED) is 0.538. The average molecular weight is 399 g/mol. The lowest BCUT2D eigenvalue weighted by Gasteiger charge is -2.16. The lowest BCUT2D eigenvalue weighted by atomic mass is 10.2. The second kappa shape index (κ2) is 7.20. The molecule has 2 amide bonds. The Morgan fingerprint density at radius 2 is 2.17 bits per heavy atom. The number of anilines is 1. The number of carbonyl (C=O) groups excluding carboxylic acids is 2. The monoisotopic (exact) mass is 398 g/mol. The molecule has 7 heteroatoms. The fraction of sp³-hybridized carbons (Fsp3) is 0.273. The molecule has 0 heterocycles. The first kappa shape index (κ1) is 15.6. The number of hydrogen-bond donors (Lipinski definition) is 3. The predicted molar refractivity (Wildman–Crippen MR) is 84.3 cm³/mol. The van der Waals surface area contributed by atoms with Crippen LogP contribution in [0.4, 0.5) is 5.69 Å². The van der Waals surface area contributed by atoms with Crippen LogP contribution in [0.1, 0.15) is 6.92 Å². The molecule has 0 aliphatic rings. The van der Waals surface area contributed by atoms with Crippen molar-refractivity contribution in [2.75, 3.05) is 11.1 Å². The van der Waals surface area contributed by atoms with Crippen LogP contribution in [0.2, 0.25) is 5.02 Å². The summed E-state index contributed by atoms with van der Waals surface area (Å²) >= 11 is 11.9. The van der Waals surface area contributed by atoms with E-state index in [2.05, 4.69) is 45.9 Å². The summed E-state index contributed by atoms with van der Waals surface area (Å²) in [4.78, 5) is 22.8. The molecule has 0 aromatic heterocycles. The molecule has 0 fully saturated rings. The molecule has 18 heavy (non-hydrogen) atoms. The van der Waals surface area contributed by atoms with E-state index in [-0.39, 0.29) is 17.6 Å². The average Bonchev–Trinajstić information content (AvgIpc) is 2.29. The molecule has 1 rings (SSSR count). The Hall–Kier alpha value is -0.470. The van der Waals surface area contributed by atoms with Crippen molar-refractivity contribution >= 4 is 64.3 Å². The second-order valence-electron chi connectivity index (χ2n) is 3.55. The van der Waals surface area contributed by atoms with Crippen molar-refractivity contribution in [1.82, 2.24) is 5.32 Å². The first-order valence-electron chi connectivity index (χ1n) is 5.08. The molecule has 0 aliphatic carbocycles. The maximum Gasteiger partial charge on any atom is 0.247 e. The molecule has 1 unspecified atom stereocenters. The molecule has 98 valence electrons. The Morgan fingerprint density at radius 3 is 2.67 bits per heavy atom. The van der Waals surface area contributed by atoms with Crippen molar-refractivity contribution in [3.8, 4) is 0 Å². The standard InChI is InChI=1S/C11H12ClIN2O2S/c1-6(16)14-10(5-18)11(17)15-9-3-2-7(12)4-8(9)13/h2-4,10,18H,5H2,1H3,(H,14,16)(H,15,17). The highest BCUT2D eigenvalue weighted by Gasteiger charge is 2.18. The SMILES string of the molecule is CC(=O)NC(CS)C(=O)Nc1ccc(Cl)cc1I. The number of thiol groups is 1. The van der Waals surface area contributed by atoms with Gasteiger partial charge in [-0.15, -0.1) is 0 Å². The summed E-state index contributed by atoms with van der Waals surface area (Å²) in [6, 6.07) is 4.49. The van der Waals surface area contributed by atoms with Crippen molar-refractivity contribution in [3.05, 3.63) is 26.8 Å². The van der Waals surface area contributed by atoms with E-state index in [0.29, 0.717) is 10.7 Å². The van der Waals surface area contributed by atoms with Crippen molar-refractivity contribution in [2.45, 2.75) is 13.0 Å². The third-order valence-electron chi connectivity index (χ3n) is 2.07. The van der Waals surface area contributed by atoms with Gasteiger partial charge in [0.15, 0.2) is 0 Å². The van der Waals surface area contributed by atoms with Crippen LogP contribution in [0.5, 0.6) is 0 Å². The van der Waals surface area contributed by atoms with E-state index in [1.54, 1.807) is 18.2 Å². The van der Waals surface area contributed by atoms with E-state index in [0.717, 1.165) is 3.57 Å². The fourth-order valence-corrected chi connectivity index (χ4v) is 2.51. The molecule has 0 aliphatic heterocycles. The molecule has 0 bridgehead atoms. The molecule has 1 aromatic carbocycles. The summed E-state index contributed by atoms with van der Waals surface area (Å²) in [6.45, 7) is 1.36. The van der Waals surface area contributed by atoms with Gasteiger partial charge in [0.25, 0.3) is 0 Å². The zero-order chi connectivity index (χ0) is 13.7. The van der Waals surface area contributed by atoms with Crippen molar-refractivity contribution in [1.29, 1.82) is 0 Å². The summed E-state index contributed by atoms with van der Waals surface area (Å²) in [6.07, 6.45) is 0. The van der Waals surface area contributed by atoms with Gasteiger partial charge in [0, 0.05) is 21.3 Å².